The van der Waals surface area contributed by atoms with Gasteiger partial charge in [-0.25, -0.2) is 4.79 Å². The van der Waals surface area contributed by atoms with E-state index in [1.54, 1.807) is 36.4 Å². The zero-order valence-electron chi connectivity index (χ0n) is 15.3. The van der Waals surface area contributed by atoms with Gasteiger partial charge in [0.25, 0.3) is 11.8 Å². The Balaban J connectivity index is 1.71. The number of aryl methyl sites for hydroxylation is 1. The van der Waals surface area contributed by atoms with Gasteiger partial charge in [0.15, 0.2) is 6.10 Å². The minimum atomic E-state index is -1.13. The number of hydrogen-bond acceptors (Lipinski definition) is 5. The number of benzene rings is 2. The number of nitrogens with zero attached hydrogens (tertiary/aromatic N) is 1. The number of hydrogen-bond donors (Lipinski definition) is 0. The molecule has 0 radical (unpaired) electrons. The highest BCUT2D eigenvalue weighted by atomic mass is 16.5. The molecule has 0 spiro atoms. The lowest BCUT2D eigenvalue weighted by atomic mass is 10.1. The Morgan fingerprint density at radius 1 is 0.889 bits per heavy atom. The Kier molecular flexibility index (Phi) is 4.90. The van der Waals surface area contributed by atoms with Gasteiger partial charge in [-0.05, 0) is 32.9 Å². The van der Waals surface area contributed by atoms with Crippen LogP contribution in [-0.2, 0) is 9.53 Å². The first-order chi connectivity index (χ1) is 12.8. The molecular formula is C21H19NO5. The van der Waals surface area contributed by atoms with Crippen molar-refractivity contribution in [3.8, 4) is 0 Å². The van der Waals surface area contributed by atoms with Gasteiger partial charge >= 0.3 is 5.97 Å². The number of carbonyl (C=O) groups excluding carboxylic acids is 4. The highest BCUT2D eigenvalue weighted by Gasteiger charge is 2.41. The van der Waals surface area contributed by atoms with E-state index in [-0.39, 0.29) is 16.9 Å². The Hall–Kier alpha value is -3.28. The fraction of sp³-hybridized carbons (Fsp3) is 0.238. The summed E-state index contributed by atoms with van der Waals surface area (Å²) in [6, 6.07) is 12.2. The first-order valence-corrected chi connectivity index (χ1v) is 8.59. The van der Waals surface area contributed by atoms with E-state index in [0.717, 1.165) is 10.5 Å². The molecule has 27 heavy (non-hydrogen) atoms. The quantitative estimate of drug-likeness (QED) is 0.462. The van der Waals surface area contributed by atoms with Crippen molar-refractivity contribution in [2.24, 2.45) is 0 Å². The lowest BCUT2D eigenvalue weighted by Gasteiger charge is -2.22. The molecule has 0 unspecified atom stereocenters. The van der Waals surface area contributed by atoms with Crippen molar-refractivity contribution in [3.05, 3.63) is 70.8 Å². The monoisotopic (exact) mass is 365 g/mol. The van der Waals surface area contributed by atoms with Gasteiger partial charge in [-0.3, -0.25) is 19.3 Å². The Morgan fingerprint density at radius 3 is 1.93 bits per heavy atom. The summed E-state index contributed by atoms with van der Waals surface area (Å²) in [5.74, 6) is -2.24. The molecule has 0 saturated carbocycles. The Bertz CT molecular complexity index is 897. The number of esters is 1. The highest BCUT2D eigenvalue weighted by molar-refractivity contribution is 6.22. The fourth-order valence-corrected chi connectivity index (χ4v) is 2.94. The van der Waals surface area contributed by atoms with E-state index in [1.165, 1.54) is 26.0 Å². The van der Waals surface area contributed by atoms with Crippen LogP contribution >= 0.6 is 0 Å². The van der Waals surface area contributed by atoms with Crippen LogP contribution in [-0.4, -0.2) is 40.6 Å². The van der Waals surface area contributed by atoms with Crippen molar-refractivity contribution in [3.63, 3.8) is 0 Å². The molecule has 2 atom stereocenters. The van der Waals surface area contributed by atoms with Crippen molar-refractivity contribution in [2.45, 2.75) is 32.9 Å². The zero-order chi connectivity index (χ0) is 19.7. The maximum absolute atomic E-state index is 12.5. The van der Waals surface area contributed by atoms with Crippen molar-refractivity contribution >= 4 is 23.6 Å². The highest BCUT2D eigenvalue weighted by Crippen LogP contribution is 2.25. The average molecular weight is 365 g/mol. The lowest BCUT2D eigenvalue weighted by molar-refractivity contribution is -0.150. The molecule has 6 nitrogen and oxygen atoms in total. The average Bonchev–Trinajstić information content (AvgIpc) is 2.92. The Labute approximate surface area is 156 Å². The molecule has 0 aromatic heterocycles. The summed E-state index contributed by atoms with van der Waals surface area (Å²) in [5, 5.41) is 0. The minimum Gasteiger partial charge on any atom is -0.453 e. The number of ether oxygens (including phenoxy) is 1. The van der Waals surface area contributed by atoms with Crippen LogP contribution in [0, 0.1) is 6.92 Å². The van der Waals surface area contributed by atoms with E-state index < -0.39 is 29.9 Å². The molecule has 2 aromatic rings. The Morgan fingerprint density at radius 2 is 1.41 bits per heavy atom. The maximum atomic E-state index is 12.5. The first-order valence-electron chi connectivity index (χ1n) is 8.59. The van der Waals surface area contributed by atoms with Gasteiger partial charge < -0.3 is 4.74 Å². The number of imide groups is 1. The number of carbonyl (C=O) groups is 4. The van der Waals surface area contributed by atoms with Crippen LogP contribution in [0.5, 0.6) is 0 Å². The molecule has 1 aliphatic heterocycles. The normalized spacial score (nSPS) is 15.3. The molecule has 0 bridgehead atoms. The van der Waals surface area contributed by atoms with Crippen LogP contribution in [0.4, 0.5) is 0 Å². The third-order valence-corrected chi connectivity index (χ3v) is 4.55. The largest absolute Gasteiger partial charge is 0.453 e. The van der Waals surface area contributed by atoms with Gasteiger partial charge in [0.1, 0.15) is 6.04 Å². The van der Waals surface area contributed by atoms with Crippen LogP contribution < -0.4 is 0 Å². The van der Waals surface area contributed by atoms with Crippen molar-refractivity contribution in [1.29, 1.82) is 0 Å². The smallest absolute Gasteiger partial charge is 0.329 e. The summed E-state index contributed by atoms with van der Waals surface area (Å²) in [6.45, 7) is 4.78. The topological polar surface area (TPSA) is 80.8 Å². The summed E-state index contributed by atoms with van der Waals surface area (Å²) >= 11 is 0. The minimum absolute atomic E-state index is 0.255. The summed E-state index contributed by atoms with van der Waals surface area (Å²) in [6.07, 6.45) is -1.03. The molecule has 6 heteroatoms. The van der Waals surface area contributed by atoms with Crippen molar-refractivity contribution in [2.75, 3.05) is 0 Å². The van der Waals surface area contributed by atoms with Gasteiger partial charge in [0, 0.05) is 5.56 Å². The van der Waals surface area contributed by atoms with E-state index in [4.69, 9.17) is 4.74 Å². The molecule has 0 N–H and O–H groups in total. The van der Waals surface area contributed by atoms with Crippen LogP contribution in [0.3, 0.4) is 0 Å². The summed E-state index contributed by atoms with van der Waals surface area (Å²) < 4.78 is 5.23. The molecule has 138 valence electrons. The van der Waals surface area contributed by atoms with Crippen LogP contribution in [0.1, 0.15) is 50.5 Å². The van der Waals surface area contributed by atoms with Crippen molar-refractivity contribution < 1.29 is 23.9 Å². The number of Topliss-reactive ketones (excluding diaryl/α,β-unsaturated/α-hetero) is 1. The predicted molar refractivity (Wildman–Crippen MR) is 97.5 cm³/mol. The van der Waals surface area contributed by atoms with Crippen LogP contribution in [0.15, 0.2) is 48.5 Å². The van der Waals surface area contributed by atoms with E-state index >= 15 is 0 Å². The molecular weight excluding hydrogens is 346 g/mol. The second-order valence-electron chi connectivity index (χ2n) is 6.51. The van der Waals surface area contributed by atoms with Gasteiger partial charge in [0.2, 0.25) is 5.78 Å². The van der Waals surface area contributed by atoms with Gasteiger partial charge in [-0.2, -0.15) is 0 Å². The molecule has 1 heterocycles. The molecule has 1 aliphatic rings. The maximum Gasteiger partial charge on any atom is 0.329 e. The number of ketones is 1. The van der Waals surface area contributed by atoms with E-state index in [1.807, 2.05) is 6.92 Å². The summed E-state index contributed by atoms with van der Waals surface area (Å²) in [7, 11) is 0. The standard InChI is InChI=1S/C21H19NO5/c1-12-8-10-15(11-9-12)18(23)14(3)27-21(26)13(2)22-19(24)16-6-4-5-7-17(16)20(22)25/h4-11,13-14H,1-3H3/t13-,14+/m1/s1. The van der Waals surface area contributed by atoms with Crippen molar-refractivity contribution in [1.82, 2.24) is 4.90 Å². The molecule has 0 fully saturated rings. The molecule has 0 saturated heterocycles. The van der Waals surface area contributed by atoms with Gasteiger partial charge in [0.05, 0.1) is 11.1 Å². The third-order valence-electron chi connectivity index (χ3n) is 4.55. The van der Waals surface area contributed by atoms with E-state index in [2.05, 4.69) is 0 Å². The fourth-order valence-electron chi connectivity index (χ4n) is 2.94. The second-order valence-corrected chi connectivity index (χ2v) is 6.51. The van der Waals surface area contributed by atoms with Crippen LogP contribution in [0.25, 0.3) is 0 Å². The number of fused-ring (bicyclic) bond motifs is 1. The summed E-state index contributed by atoms with van der Waals surface area (Å²) in [5.41, 5.74) is 1.95. The number of amides is 2. The molecule has 2 amide bonds. The van der Waals surface area contributed by atoms with E-state index in [9.17, 15) is 19.2 Å². The molecule has 0 aliphatic carbocycles. The second kappa shape index (κ2) is 7.15. The lowest BCUT2D eigenvalue weighted by Crippen LogP contribution is -2.45. The third kappa shape index (κ3) is 3.38. The predicted octanol–water partition coefficient (Wildman–Crippen LogP) is 2.79. The first kappa shape index (κ1) is 18.5. The molecule has 2 aromatic carbocycles. The van der Waals surface area contributed by atoms with Gasteiger partial charge in [-0.15, -0.1) is 0 Å². The summed E-state index contributed by atoms with van der Waals surface area (Å²) in [4.78, 5) is 50.7. The molecule has 3 rings (SSSR count). The van der Waals surface area contributed by atoms with Gasteiger partial charge in [-0.1, -0.05) is 42.0 Å². The number of rotatable bonds is 5. The zero-order valence-corrected chi connectivity index (χ0v) is 15.3. The SMILES string of the molecule is Cc1ccc(C(=O)[C@H](C)OC(=O)[C@@H](C)N2C(=O)c3ccccc3C2=O)cc1. The van der Waals surface area contributed by atoms with E-state index in [0.29, 0.717) is 5.56 Å². The van der Waals surface area contributed by atoms with Crippen LogP contribution in [0.2, 0.25) is 0 Å².